The largest absolute Gasteiger partial charge is 0.393 e. The molecule has 0 aromatic heterocycles. The van der Waals surface area contributed by atoms with Gasteiger partial charge < -0.3 is 10.8 Å². The van der Waals surface area contributed by atoms with Gasteiger partial charge in [-0.25, -0.2) is 0 Å². The van der Waals surface area contributed by atoms with Crippen molar-refractivity contribution in [2.24, 2.45) is 11.1 Å². The summed E-state index contributed by atoms with van der Waals surface area (Å²) in [4.78, 5) is 0. The molecular formula is C12H25NO. The lowest BCUT2D eigenvalue weighted by molar-refractivity contribution is 0.0500. The summed E-state index contributed by atoms with van der Waals surface area (Å²) >= 11 is 0. The zero-order valence-corrected chi connectivity index (χ0v) is 9.47. The standard InChI is InChI=1S/C12H25NO/c1-2-3-4-5-8-12(10-13)9-6-7-11(12)14/h11,14H,2-10,13H2,1H3. The fourth-order valence-electron chi connectivity index (χ4n) is 2.66. The van der Waals surface area contributed by atoms with Gasteiger partial charge in [-0.3, -0.25) is 0 Å². The van der Waals surface area contributed by atoms with Crippen LogP contribution in [0.15, 0.2) is 0 Å². The van der Waals surface area contributed by atoms with Gasteiger partial charge in [0.1, 0.15) is 0 Å². The van der Waals surface area contributed by atoms with Crippen LogP contribution in [0.1, 0.15) is 58.3 Å². The summed E-state index contributed by atoms with van der Waals surface area (Å²) in [5.74, 6) is 0. The Bertz CT molecular complexity index is 160. The van der Waals surface area contributed by atoms with Gasteiger partial charge in [-0.1, -0.05) is 39.0 Å². The summed E-state index contributed by atoms with van der Waals surface area (Å²) in [6.07, 6.45) is 9.38. The molecule has 0 saturated heterocycles. The van der Waals surface area contributed by atoms with E-state index >= 15 is 0 Å². The van der Waals surface area contributed by atoms with E-state index in [1.165, 1.54) is 25.7 Å². The lowest BCUT2D eigenvalue weighted by Crippen LogP contribution is -2.37. The molecule has 14 heavy (non-hydrogen) atoms. The zero-order valence-electron chi connectivity index (χ0n) is 9.47. The van der Waals surface area contributed by atoms with Crippen LogP contribution < -0.4 is 5.73 Å². The number of hydrogen-bond acceptors (Lipinski definition) is 2. The first-order chi connectivity index (χ1) is 6.75. The van der Waals surface area contributed by atoms with E-state index in [9.17, 15) is 5.11 Å². The number of nitrogens with two attached hydrogens (primary N) is 1. The van der Waals surface area contributed by atoms with Crippen LogP contribution in [0.5, 0.6) is 0 Å². The van der Waals surface area contributed by atoms with E-state index in [1.54, 1.807) is 0 Å². The van der Waals surface area contributed by atoms with Crippen LogP contribution in [0.25, 0.3) is 0 Å². The summed E-state index contributed by atoms with van der Waals surface area (Å²) in [6, 6.07) is 0. The molecular weight excluding hydrogens is 174 g/mol. The summed E-state index contributed by atoms with van der Waals surface area (Å²) in [7, 11) is 0. The van der Waals surface area contributed by atoms with Crippen molar-refractivity contribution in [3.05, 3.63) is 0 Å². The predicted molar refractivity (Wildman–Crippen MR) is 60.1 cm³/mol. The maximum absolute atomic E-state index is 9.92. The van der Waals surface area contributed by atoms with Gasteiger partial charge in [-0.2, -0.15) is 0 Å². The van der Waals surface area contributed by atoms with E-state index in [0.29, 0.717) is 6.54 Å². The van der Waals surface area contributed by atoms with Crippen molar-refractivity contribution in [3.8, 4) is 0 Å². The monoisotopic (exact) mass is 199 g/mol. The Labute approximate surface area is 87.9 Å². The van der Waals surface area contributed by atoms with Gasteiger partial charge in [0.2, 0.25) is 0 Å². The second-order valence-corrected chi connectivity index (χ2v) is 4.79. The van der Waals surface area contributed by atoms with E-state index < -0.39 is 0 Å². The molecule has 0 aromatic carbocycles. The average Bonchev–Trinajstić information content (AvgIpc) is 2.56. The smallest absolute Gasteiger partial charge is 0.0608 e. The summed E-state index contributed by atoms with van der Waals surface area (Å²) < 4.78 is 0. The molecule has 0 aliphatic heterocycles. The number of rotatable bonds is 6. The van der Waals surface area contributed by atoms with E-state index in [-0.39, 0.29) is 11.5 Å². The molecule has 3 N–H and O–H groups in total. The summed E-state index contributed by atoms with van der Waals surface area (Å²) in [5, 5.41) is 9.92. The van der Waals surface area contributed by atoms with Gasteiger partial charge in [-0.15, -0.1) is 0 Å². The molecule has 1 saturated carbocycles. The molecule has 1 aliphatic rings. The van der Waals surface area contributed by atoms with Crippen LogP contribution in [-0.2, 0) is 0 Å². The molecule has 0 amide bonds. The predicted octanol–water partition coefficient (Wildman–Crippen LogP) is 2.45. The fourth-order valence-corrected chi connectivity index (χ4v) is 2.66. The molecule has 0 radical (unpaired) electrons. The average molecular weight is 199 g/mol. The Morgan fingerprint density at radius 3 is 2.64 bits per heavy atom. The third-order valence-corrected chi connectivity index (χ3v) is 3.79. The highest BCUT2D eigenvalue weighted by atomic mass is 16.3. The van der Waals surface area contributed by atoms with Gasteiger partial charge in [0.15, 0.2) is 0 Å². The number of aliphatic hydroxyl groups excluding tert-OH is 1. The topological polar surface area (TPSA) is 46.2 Å². The van der Waals surface area contributed by atoms with Crippen molar-refractivity contribution in [1.82, 2.24) is 0 Å². The van der Waals surface area contributed by atoms with Crippen LogP contribution in [-0.4, -0.2) is 17.8 Å². The van der Waals surface area contributed by atoms with Crippen LogP contribution in [0, 0.1) is 5.41 Å². The summed E-state index contributed by atoms with van der Waals surface area (Å²) in [6.45, 7) is 2.89. The molecule has 84 valence electrons. The third-order valence-electron chi connectivity index (χ3n) is 3.79. The van der Waals surface area contributed by atoms with Crippen LogP contribution in [0.4, 0.5) is 0 Å². The first kappa shape index (κ1) is 12.0. The maximum atomic E-state index is 9.92. The molecule has 2 nitrogen and oxygen atoms in total. The highest BCUT2D eigenvalue weighted by molar-refractivity contribution is 4.92. The Hall–Kier alpha value is -0.0800. The van der Waals surface area contributed by atoms with Crippen LogP contribution in [0.3, 0.4) is 0 Å². The van der Waals surface area contributed by atoms with E-state index in [2.05, 4.69) is 6.92 Å². The Balaban J connectivity index is 2.30. The third kappa shape index (κ3) is 2.71. The number of hydrogen-bond donors (Lipinski definition) is 2. The second kappa shape index (κ2) is 5.72. The van der Waals surface area contributed by atoms with Gasteiger partial charge in [0.05, 0.1) is 6.10 Å². The first-order valence-corrected chi connectivity index (χ1v) is 6.13. The molecule has 2 unspecified atom stereocenters. The molecule has 2 heteroatoms. The van der Waals surface area contributed by atoms with E-state index in [4.69, 9.17) is 5.73 Å². The van der Waals surface area contributed by atoms with Crippen molar-refractivity contribution in [2.45, 2.75) is 64.4 Å². The lowest BCUT2D eigenvalue weighted by Gasteiger charge is -2.31. The minimum atomic E-state index is -0.130. The molecule has 0 bridgehead atoms. The number of unbranched alkanes of at least 4 members (excludes halogenated alkanes) is 3. The lowest BCUT2D eigenvalue weighted by atomic mass is 9.79. The molecule has 0 heterocycles. The highest BCUT2D eigenvalue weighted by Crippen LogP contribution is 2.41. The molecule has 2 atom stereocenters. The highest BCUT2D eigenvalue weighted by Gasteiger charge is 2.39. The van der Waals surface area contributed by atoms with E-state index in [0.717, 1.165) is 25.7 Å². The van der Waals surface area contributed by atoms with Crippen LogP contribution >= 0.6 is 0 Å². The molecule has 0 spiro atoms. The van der Waals surface area contributed by atoms with Crippen molar-refractivity contribution in [1.29, 1.82) is 0 Å². The first-order valence-electron chi connectivity index (χ1n) is 6.13. The normalized spacial score (nSPS) is 32.4. The van der Waals surface area contributed by atoms with Gasteiger partial charge in [0.25, 0.3) is 0 Å². The second-order valence-electron chi connectivity index (χ2n) is 4.79. The van der Waals surface area contributed by atoms with Crippen molar-refractivity contribution in [3.63, 3.8) is 0 Å². The Kier molecular flexibility index (Phi) is 4.90. The molecule has 1 aliphatic carbocycles. The van der Waals surface area contributed by atoms with E-state index in [1.807, 2.05) is 0 Å². The Morgan fingerprint density at radius 1 is 1.36 bits per heavy atom. The zero-order chi connectivity index (χ0) is 10.4. The van der Waals surface area contributed by atoms with Crippen molar-refractivity contribution >= 4 is 0 Å². The quantitative estimate of drug-likeness (QED) is 0.645. The molecule has 1 fully saturated rings. The maximum Gasteiger partial charge on any atom is 0.0608 e. The van der Waals surface area contributed by atoms with Crippen LogP contribution in [0.2, 0.25) is 0 Å². The fraction of sp³-hybridized carbons (Fsp3) is 1.00. The van der Waals surface area contributed by atoms with Gasteiger partial charge >= 0.3 is 0 Å². The molecule has 0 aromatic rings. The SMILES string of the molecule is CCCCCCC1(CN)CCCC1O. The van der Waals surface area contributed by atoms with Crippen molar-refractivity contribution < 1.29 is 5.11 Å². The summed E-state index contributed by atoms with van der Waals surface area (Å²) in [5.41, 5.74) is 5.89. The van der Waals surface area contributed by atoms with Gasteiger partial charge in [0, 0.05) is 12.0 Å². The minimum absolute atomic E-state index is 0.0771. The van der Waals surface area contributed by atoms with Crippen molar-refractivity contribution in [2.75, 3.05) is 6.54 Å². The van der Waals surface area contributed by atoms with Gasteiger partial charge in [-0.05, 0) is 19.3 Å². The molecule has 1 rings (SSSR count). The minimum Gasteiger partial charge on any atom is -0.393 e. The number of aliphatic hydroxyl groups is 1. The Morgan fingerprint density at radius 2 is 2.14 bits per heavy atom.